The van der Waals surface area contributed by atoms with Gasteiger partial charge in [0.2, 0.25) is 11.8 Å². The van der Waals surface area contributed by atoms with Gasteiger partial charge in [0.25, 0.3) is 0 Å². The van der Waals surface area contributed by atoms with E-state index in [1.807, 2.05) is 12.1 Å². The van der Waals surface area contributed by atoms with E-state index >= 15 is 0 Å². The zero-order valence-corrected chi connectivity index (χ0v) is 16.0. The molecule has 4 heteroatoms. The van der Waals surface area contributed by atoms with Crippen LogP contribution in [0.2, 0.25) is 0 Å². The first-order valence-corrected chi connectivity index (χ1v) is 9.95. The molecule has 4 nitrogen and oxygen atoms in total. The molecule has 3 aliphatic rings. The largest absolute Gasteiger partial charge is 0.494 e. The smallest absolute Gasteiger partial charge is 0.233 e. The fourth-order valence-corrected chi connectivity index (χ4v) is 5.16. The van der Waals surface area contributed by atoms with Gasteiger partial charge in [0.1, 0.15) is 5.75 Å². The standard InChI is InChI=1S/C22H29NO3/c1-22(2,3)16-6-4-7-17(13-16)26-11-5-10-23-20(24)18-14-8-9-15(12-14)19(18)21(23)25/h4,6-7,13-15,18-19H,5,8-12H2,1-3H3/t14-,15?,18?,19?/m1/s1. The second-order valence-corrected chi connectivity index (χ2v) is 9.19. The molecule has 0 N–H and O–H groups in total. The van der Waals surface area contributed by atoms with Crippen molar-refractivity contribution < 1.29 is 14.3 Å². The van der Waals surface area contributed by atoms with Crippen LogP contribution < -0.4 is 4.74 Å². The number of benzene rings is 1. The molecule has 0 aromatic heterocycles. The van der Waals surface area contributed by atoms with Crippen molar-refractivity contribution >= 4 is 11.8 Å². The molecule has 26 heavy (non-hydrogen) atoms. The third-order valence-corrected chi connectivity index (χ3v) is 6.51. The molecule has 0 spiro atoms. The zero-order valence-electron chi connectivity index (χ0n) is 16.0. The number of rotatable bonds is 5. The summed E-state index contributed by atoms with van der Waals surface area (Å²) in [6.45, 7) is 7.55. The fourth-order valence-electron chi connectivity index (χ4n) is 5.16. The number of likely N-dealkylation sites (tertiary alicyclic amines) is 1. The van der Waals surface area contributed by atoms with Crippen LogP contribution in [-0.4, -0.2) is 29.9 Å². The van der Waals surface area contributed by atoms with Gasteiger partial charge in [-0.05, 0) is 60.6 Å². The van der Waals surface area contributed by atoms with E-state index in [0.717, 1.165) is 25.0 Å². The topological polar surface area (TPSA) is 46.6 Å². The highest BCUT2D eigenvalue weighted by atomic mass is 16.5. The van der Waals surface area contributed by atoms with Crippen molar-refractivity contribution in [1.29, 1.82) is 0 Å². The van der Waals surface area contributed by atoms with Crippen LogP contribution in [0.3, 0.4) is 0 Å². The quantitative estimate of drug-likeness (QED) is 0.596. The van der Waals surface area contributed by atoms with Crippen LogP contribution in [0, 0.1) is 23.7 Å². The van der Waals surface area contributed by atoms with Gasteiger partial charge >= 0.3 is 0 Å². The average molecular weight is 355 g/mol. The van der Waals surface area contributed by atoms with E-state index in [1.54, 1.807) is 0 Å². The lowest BCUT2D eigenvalue weighted by atomic mass is 9.81. The Kier molecular flexibility index (Phi) is 4.32. The number of hydrogen-bond donors (Lipinski definition) is 0. The number of amides is 2. The third-order valence-electron chi connectivity index (χ3n) is 6.51. The molecule has 1 aromatic carbocycles. The molecule has 2 aliphatic carbocycles. The maximum absolute atomic E-state index is 12.7. The Labute approximate surface area is 155 Å². The molecule has 2 bridgehead atoms. The van der Waals surface area contributed by atoms with Gasteiger partial charge in [0.05, 0.1) is 18.4 Å². The Hall–Kier alpha value is -1.84. The van der Waals surface area contributed by atoms with E-state index < -0.39 is 0 Å². The van der Waals surface area contributed by atoms with E-state index in [4.69, 9.17) is 4.74 Å². The predicted octanol–water partition coefficient (Wildman–Crippen LogP) is 3.78. The van der Waals surface area contributed by atoms with Crippen molar-refractivity contribution in [3.63, 3.8) is 0 Å². The van der Waals surface area contributed by atoms with Gasteiger partial charge in [-0.15, -0.1) is 0 Å². The highest BCUT2D eigenvalue weighted by molar-refractivity contribution is 6.06. The molecule has 4 rings (SSSR count). The van der Waals surface area contributed by atoms with Crippen LogP contribution in [0.15, 0.2) is 24.3 Å². The van der Waals surface area contributed by atoms with Gasteiger partial charge in [-0.3, -0.25) is 14.5 Å². The SMILES string of the molecule is CC(C)(C)c1cccc(OCCCN2C(=O)C3C4CC[C@H](C4)C3C2=O)c1. The van der Waals surface area contributed by atoms with Gasteiger partial charge < -0.3 is 4.74 Å². The molecule has 1 heterocycles. The maximum Gasteiger partial charge on any atom is 0.233 e. The molecular formula is C22H29NO3. The summed E-state index contributed by atoms with van der Waals surface area (Å²) in [5.74, 6) is 1.93. The van der Waals surface area contributed by atoms with Gasteiger partial charge in [0.15, 0.2) is 0 Å². The first kappa shape index (κ1) is 17.6. The molecule has 3 unspecified atom stereocenters. The van der Waals surface area contributed by atoms with Crippen LogP contribution in [0.4, 0.5) is 0 Å². The van der Waals surface area contributed by atoms with Crippen molar-refractivity contribution in [1.82, 2.24) is 4.90 Å². The summed E-state index contributed by atoms with van der Waals surface area (Å²) in [6.07, 6.45) is 4.04. The monoisotopic (exact) mass is 355 g/mol. The summed E-state index contributed by atoms with van der Waals surface area (Å²) in [5.41, 5.74) is 1.33. The summed E-state index contributed by atoms with van der Waals surface area (Å²) in [7, 11) is 0. The van der Waals surface area contributed by atoms with Crippen molar-refractivity contribution in [3.05, 3.63) is 29.8 Å². The van der Waals surface area contributed by atoms with E-state index in [9.17, 15) is 9.59 Å². The molecular weight excluding hydrogens is 326 g/mol. The van der Waals surface area contributed by atoms with Crippen LogP contribution in [0.5, 0.6) is 5.75 Å². The first-order valence-electron chi connectivity index (χ1n) is 9.95. The molecule has 1 aliphatic heterocycles. The molecule has 4 atom stereocenters. The van der Waals surface area contributed by atoms with Crippen molar-refractivity contribution in [2.45, 2.75) is 51.9 Å². The lowest BCUT2D eigenvalue weighted by molar-refractivity contribution is -0.140. The van der Waals surface area contributed by atoms with E-state index in [0.29, 0.717) is 31.4 Å². The first-order chi connectivity index (χ1) is 12.4. The molecule has 1 saturated heterocycles. The van der Waals surface area contributed by atoms with Crippen LogP contribution >= 0.6 is 0 Å². The van der Waals surface area contributed by atoms with Gasteiger partial charge in [-0.2, -0.15) is 0 Å². The number of nitrogens with zero attached hydrogens (tertiary/aromatic N) is 1. The Balaban J connectivity index is 1.31. The molecule has 0 radical (unpaired) electrons. The Morgan fingerprint density at radius 3 is 2.35 bits per heavy atom. The van der Waals surface area contributed by atoms with E-state index in [2.05, 4.69) is 32.9 Å². The predicted molar refractivity (Wildman–Crippen MR) is 99.8 cm³/mol. The molecule has 3 fully saturated rings. The second kappa shape index (κ2) is 6.40. The number of imide groups is 1. The maximum atomic E-state index is 12.7. The number of carbonyl (C=O) groups is 2. The van der Waals surface area contributed by atoms with Gasteiger partial charge in [0, 0.05) is 6.54 Å². The van der Waals surface area contributed by atoms with Gasteiger partial charge in [-0.1, -0.05) is 32.9 Å². The summed E-state index contributed by atoms with van der Waals surface area (Å²) in [5, 5.41) is 0. The normalized spacial score (nSPS) is 30.2. The van der Waals surface area contributed by atoms with E-state index in [1.165, 1.54) is 10.5 Å². The lowest BCUT2D eigenvalue weighted by Gasteiger charge is -2.20. The Bertz CT molecular complexity index is 692. The Morgan fingerprint density at radius 1 is 1.08 bits per heavy atom. The zero-order chi connectivity index (χ0) is 18.5. The molecule has 1 aromatic rings. The fraction of sp³-hybridized carbons (Fsp3) is 0.636. The number of ether oxygens (including phenoxy) is 1. The minimum Gasteiger partial charge on any atom is -0.494 e. The molecule has 2 amide bonds. The van der Waals surface area contributed by atoms with Crippen LogP contribution in [0.1, 0.15) is 52.0 Å². The minimum atomic E-state index is -0.00867. The average Bonchev–Trinajstić information content (AvgIpc) is 3.27. The summed E-state index contributed by atoms with van der Waals surface area (Å²) >= 11 is 0. The van der Waals surface area contributed by atoms with Crippen LogP contribution in [-0.2, 0) is 15.0 Å². The lowest BCUT2D eigenvalue weighted by Crippen LogP contribution is -2.34. The molecule has 140 valence electrons. The van der Waals surface area contributed by atoms with E-state index in [-0.39, 0.29) is 29.1 Å². The van der Waals surface area contributed by atoms with Crippen molar-refractivity contribution in [2.24, 2.45) is 23.7 Å². The second-order valence-electron chi connectivity index (χ2n) is 9.19. The van der Waals surface area contributed by atoms with Crippen molar-refractivity contribution in [3.8, 4) is 5.75 Å². The van der Waals surface area contributed by atoms with Crippen molar-refractivity contribution in [2.75, 3.05) is 13.2 Å². The summed E-state index contributed by atoms with van der Waals surface area (Å²) < 4.78 is 5.87. The summed E-state index contributed by atoms with van der Waals surface area (Å²) in [4.78, 5) is 26.9. The highest BCUT2D eigenvalue weighted by Gasteiger charge is 2.60. The number of fused-ring (bicyclic) bond motifs is 5. The number of carbonyl (C=O) groups excluding carboxylic acids is 2. The van der Waals surface area contributed by atoms with Crippen LogP contribution in [0.25, 0.3) is 0 Å². The Morgan fingerprint density at radius 2 is 1.73 bits per heavy atom. The van der Waals surface area contributed by atoms with Gasteiger partial charge in [-0.25, -0.2) is 0 Å². The minimum absolute atomic E-state index is 0.00867. The summed E-state index contributed by atoms with van der Waals surface area (Å²) in [6, 6.07) is 8.17. The third kappa shape index (κ3) is 2.93. The molecule has 2 saturated carbocycles. The highest BCUT2D eigenvalue weighted by Crippen LogP contribution is 2.56. The number of hydrogen-bond acceptors (Lipinski definition) is 3.